The van der Waals surface area contributed by atoms with Gasteiger partial charge in [-0.05, 0) is 37.3 Å². The average Bonchev–Trinajstić information content (AvgIpc) is 3.02. The summed E-state index contributed by atoms with van der Waals surface area (Å²) >= 11 is 1.12. The Morgan fingerprint density at radius 3 is 2.81 bits per heavy atom. The number of nitrogens with two attached hydrogens (primary N) is 1. The van der Waals surface area contributed by atoms with Crippen molar-refractivity contribution in [2.45, 2.75) is 17.3 Å². The van der Waals surface area contributed by atoms with Crippen molar-refractivity contribution >= 4 is 23.4 Å². The average molecular weight is 382 g/mol. The first kappa shape index (κ1) is 18.4. The maximum Gasteiger partial charge on any atom is 0.237 e. The van der Waals surface area contributed by atoms with E-state index in [1.165, 1.54) is 16.8 Å². The number of thioether (sulfide) groups is 1. The summed E-state index contributed by atoms with van der Waals surface area (Å²) < 4.78 is 14.6. The van der Waals surface area contributed by atoms with Gasteiger partial charge >= 0.3 is 0 Å². The van der Waals surface area contributed by atoms with Gasteiger partial charge in [-0.1, -0.05) is 30.0 Å². The van der Waals surface area contributed by atoms with Crippen LogP contribution in [0.3, 0.4) is 0 Å². The molecular weight excluding hydrogens is 367 g/mol. The van der Waals surface area contributed by atoms with Gasteiger partial charge in [-0.3, -0.25) is 4.79 Å². The predicted molar refractivity (Wildman–Crippen MR) is 101 cm³/mol. The second kappa shape index (κ2) is 7.88. The molecule has 0 spiro atoms. The van der Waals surface area contributed by atoms with Crippen LogP contribution in [-0.4, -0.2) is 26.0 Å². The molecule has 0 unspecified atom stereocenters. The van der Waals surface area contributed by atoms with Crippen LogP contribution in [0.15, 0.2) is 53.7 Å². The van der Waals surface area contributed by atoms with E-state index in [9.17, 15) is 9.18 Å². The zero-order chi connectivity index (χ0) is 19.4. The Hall–Kier alpha value is -3.38. The molecule has 1 aromatic heterocycles. The van der Waals surface area contributed by atoms with Gasteiger partial charge in [-0.2, -0.15) is 5.26 Å². The van der Waals surface area contributed by atoms with Gasteiger partial charge in [0, 0.05) is 11.3 Å². The first-order valence-electron chi connectivity index (χ1n) is 7.92. The van der Waals surface area contributed by atoms with E-state index in [2.05, 4.69) is 15.5 Å². The molecule has 0 bridgehead atoms. The predicted octanol–water partition coefficient (Wildman–Crippen LogP) is 2.79. The van der Waals surface area contributed by atoms with Crippen LogP contribution < -0.4 is 11.2 Å². The number of halogens is 1. The van der Waals surface area contributed by atoms with Crippen molar-refractivity contribution in [3.05, 3.63) is 59.9 Å². The van der Waals surface area contributed by atoms with Crippen LogP contribution in [0, 0.1) is 17.1 Å². The second-order valence-corrected chi connectivity index (χ2v) is 6.94. The molecule has 27 heavy (non-hydrogen) atoms. The number of nitrogen functional groups attached to an aromatic ring is 1. The normalized spacial score (nSPS) is 11.6. The molecule has 7 nitrogen and oxygen atoms in total. The quantitative estimate of drug-likeness (QED) is 0.519. The summed E-state index contributed by atoms with van der Waals surface area (Å²) in [5.74, 6) is 5.62. The number of hydrogen-bond donors (Lipinski definition) is 2. The standard InChI is InChI=1S/C18H15FN6OS/c1-11(17(26)22-15-7-2-4-12(8-15)10-20)27-18-24-23-16(25(18)21)13-5-3-6-14(19)9-13/h2-9,11H,21H2,1H3,(H,22,26)/t11-/m1/s1. The molecule has 9 heteroatoms. The fraction of sp³-hybridized carbons (Fsp3) is 0.111. The van der Waals surface area contributed by atoms with Crippen molar-refractivity contribution in [3.63, 3.8) is 0 Å². The Balaban J connectivity index is 1.71. The summed E-state index contributed by atoms with van der Waals surface area (Å²) in [6.45, 7) is 1.70. The third-order valence-electron chi connectivity index (χ3n) is 3.66. The molecule has 0 saturated heterocycles. The van der Waals surface area contributed by atoms with Gasteiger partial charge in [0.15, 0.2) is 5.82 Å². The topological polar surface area (TPSA) is 110 Å². The highest BCUT2D eigenvalue weighted by Gasteiger charge is 2.20. The zero-order valence-corrected chi connectivity index (χ0v) is 15.1. The number of carbonyl (C=O) groups is 1. The maximum atomic E-state index is 13.4. The number of hydrogen-bond acceptors (Lipinski definition) is 6. The fourth-order valence-electron chi connectivity index (χ4n) is 2.30. The summed E-state index contributed by atoms with van der Waals surface area (Å²) in [4.78, 5) is 12.4. The van der Waals surface area contributed by atoms with Gasteiger partial charge in [-0.25, -0.2) is 9.07 Å². The van der Waals surface area contributed by atoms with Crippen molar-refractivity contribution in [3.8, 4) is 17.5 Å². The van der Waals surface area contributed by atoms with Crippen molar-refractivity contribution in [1.82, 2.24) is 14.9 Å². The first-order valence-corrected chi connectivity index (χ1v) is 8.80. The van der Waals surface area contributed by atoms with Gasteiger partial charge in [0.1, 0.15) is 5.82 Å². The Morgan fingerprint density at radius 1 is 1.30 bits per heavy atom. The lowest BCUT2D eigenvalue weighted by molar-refractivity contribution is -0.115. The maximum absolute atomic E-state index is 13.4. The minimum atomic E-state index is -0.525. The SMILES string of the molecule is C[C@@H](Sc1nnc(-c2cccc(F)c2)n1N)C(=O)Nc1cccc(C#N)c1. The first-order chi connectivity index (χ1) is 13.0. The highest BCUT2D eigenvalue weighted by molar-refractivity contribution is 8.00. The van der Waals surface area contributed by atoms with Gasteiger partial charge in [0.05, 0.1) is 16.9 Å². The smallest absolute Gasteiger partial charge is 0.237 e. The van der Waals surface area contributed by atoms with Gasteiger partial charge < -0.3 is 11.2 Å². The van der Waals surface area contributed by atoms with E-state index < -0.39 is 11.1 Å². The van der Waals surface area contributed by atoms with Gasteiger partial charge in [0.25, 0.3) is 0 Å². The molecule has 1 amide bonds. The minimum absolute atomic E-state index is 0.273. The Labute approximate surface area is 159 Å². The molecule has 0 aliphatic rings. The molecule has 1 heterocycles. The highest BCUT2D eigenvalue weighted by atomic mass is 32.2. The summed E-state index contributed by atoms with van der Waals surface area (Å²) in [6, 6.07) is 14.5. The molecule has 3 rings (SSSR count). The van der Waals surface area contributed by atoms with E-state index in [0.29, 0.717) is 27.8 Å². The molecule has 1 atom stereocenters. The number of carbonyl (C=O) groups excluding carboxylic acids is 1. The molecule has 0 saturated carbocycles. The lowest BCUT2D eigenvalue weighted by atomic mass is 10.2. The molecular formula is C18H15FN6OS. The van der Waals surface area contributed by atoms with Crippen LogP contribution in [0.1, 0.15) is 12.5 Å². The molecule has 0 radical (unpaired) electrons. The number of amides is 1. The van der Waals surface area contributed by atoms with Crippen LogP contribution in [-0.2, 0) is 4.79 Å². The largest absolute Gasteiger partial charge is 0.335 e. The number of benzene rings is 2. The van der Waals surface area contributed by atoms with E-state index in [1.54, 1.807) is 43.3 Å². The Morgan fingerprint density at radius 2 is 2.07 bits per heavy atom. The van der Waals surface area contributed by atoms with Gasteiger partial charge in [-0.15, -0.1) is 10.2 Å². The van der Waals surface area contributed by atoms with Gasteiger partial charge in [0.2, 0.25) is 11.1 Å². The molecule has 0 aliphatic heterocycles. The molecule has 0 fully saturated rings. The number of nitriles is 1. The summed E-state index contributed by atoms with van der Waals surface area (Å²) in [6.07, 6.45) is 0. The monoisotopic (exact) mass is 382 g/mol. The number of aromatic nitrogens is 3. The van der Waals surface area contributed by atoms with Crippen LogP contribution >= 0.6 is 11.8 Å². The lowest BCUT2D eigenvalue weighted by Crippen LogP contribution is -2.23. The van der Waals surface area contributed by atoms with E-state index in [1.807, 2.05) is 6.07 Å². The number of nitrogens with zero attached hydrogens (tertiary/aromatic N) is 4. The van der Waals surface area contributed by atoms with Crippen molar-refractivity contribution in [1.29, 1.82) is 5.26 Å². The van der Waals surface area contributed by atoms with Crippen LogP contribution in [0.4, 0.5) is 10.1 Å². The summed E-state index contributed by atoms with van der Waals surface area (Å²) in [7, 11) is 0. The molecule has 3 N–H and O–H groups in total. The summed E-state index contributed by atoms with van der Waals surface area (Å²) in [5, 5.41) is 19.4. The van der Waals surface area contributed by atoms with E-state index in [0.717, 1.165) is 11.8 Å². The zero-order valence-electron chi connectivity index (χ0n) is 14.3. The third kappa shape index (κ3) is 4.24. The third-order valence-corrected chi connectivity index (χ3v) is 4.71. The van der Waals surface area contributed by atoms with Crippen LogP contribution in [0.2, 0.25) is 0 Å². The molecule has 136 valence electrons. The molecule has 0 aliphatic carbocycles. The van der Waals surface area contributed by atoms with Crippen molar-refractivity contribution in [2.75, 3.05) is 11.2 Å². The number of nitrogens with one attached hydrogen (secondary N) is 1. The van der Waals surface area contributed by atoms with Crippen molar-refractivity contribution in [2.24, 2.45) is 0 Å². The Bertz CT molecular complexity index is 1030. The highest BCUT2D eigenvalue weighted by Crippen LogP contribution is 2.25. The van der Waals surface area contributed by atoms with E-state index in [4.69, 9.17) is 11.1 Å². The summed E-state index contributed by atoms with van der Waals surface area (Å²) in [5.41, 5.74) is 1.47. The molecule has 3 aromatic rings. The second-order valence-electron chi connectivity index (χ2n) is 5.63. The Kier molecular flexibility index (Phi) is 5.38. The lowest BCUT2D eigenvalue weighted by Gasteiger charge is -2.11. The van der Waals surface area contributed by atoms with E-state index in [-0.39, 0.29) is 5.91 Å². The minimum Gasteiger partial charge on any atom is -0.335 e. The molecule has 2 aromatic carbocycles. The number of anilines is 1. The van der Waals surface area contributed by atoms with Crippen LogP contribution in [0.5, 0.6) is 0 Å². The van der Waals surface area contributed by atoms with Crippen LogP contribution in [0.25, 0.3) is 11.4 Å². The fourth-order valence-corrected chi connectivity index (χ4v) is 3.07. The van der Waals surface area contributed by atoms with Crippen molar-refractivity contribution < 1.29 is 9.18 Å². The number of rotatable bonds is 5. The van der Waals surface area contributed by atoms with E-state index >= 15 is 0 Å².